The number of benzene rings is 1. The number of fused-ring (bicyclic) bond motifs is 1. The van der Waals surface area contributed by atoms with Gasteiger partial charge in [0, 0.05) is 25.3 Å². The van der Waals surface area contributed by atoms with Gasteiger partial charge >= 0.3 is 0 Å². The van der Waals surface area contributed by atoms with Gasteiger partial charge in [-0.05, 0) is 17.0 Å². The van der Waals surface area contributed by atoms with Crippen molar-refractivity contribution in [3.63, 3.8) is 0 Å². The molecule has 1 aromatic rings. The van der Waals surface area contributed by atoms with E-state index in [0.717, 1.165) is 11.1 Å². The SMILES string of the molecule is COC1(OC)NC(=N)c2cc(C(C)(C)C)ccc21. The molecule has 1 heterocycles. The first-order chi connectivity index (χ1) is 8.34. The molecule has 18 heavy (non-hydrogen) atoms. The van der Waals surface area contributed by atoms with E-state index in [9.17, 15) is 0 Å². The molecule has 0 spiro atoms. The van der Waals surface area contributed by atoms with Crippen molar-refractivity contribution in [3.8, 4) is 0 Å². The molecule has 0 aromatic heterocycles. The summed E-state index contributed by atoms with van der Waals surface area (Å²) in [4.78, 5) is 0. The predicted molar refractivity (Wildman–Crippen MR) is 70.8 cm³/mol. The molecule has 1 aliphatic rings. The molecule has 0 fully saturated rings. The van der Waals surface area contributed by atoms with Crippen LogP contribution >= 0.6 is 0 Å². The zero-order valence-corrected chi connectivity index (χ0v) is 11.5. The molecular weight excluding hydrogens is 228 g/mol. The van der Waals surface area contributed by atoms with Gasteiger partial charge in [-0.3, -0.25) is 5.41 Å². The maximum atomic E-state index is 8.02. The van der Waals surface area contributed by atoms with E-state index in [1.165, 1.54) is 5.56 Å². The minimum Gasteiger partial charge on any atom is -0.332 e. The summed E-state index contributed by atoms with van der Waals surface area (Å²) in [5, 5.41) is 11.0. The lowest BCUT2D eigenvalue weighted by molar-refractivity contribution is -0.223. The highest BCUT2D eigenvalue weighted by atomic mass is 16.7. The van der Waals surface area contributed by atoms with Gasteiger partial charge in [0.25, 0.3) is 5.91 Å². The molecule has 1 aliphatic heterocycles. The molecule has 2 rings (SSSR count). The number of ether oxygens (including phenoxy) is 2. The molecule has 0 saturated heterocycles. The Morgan fingerprint density at radius 2 is 1.78 bits per heavy atom. The van der Waals surface area contributed by atoms with E-state index < -0.39 is 5.91 Å². The van der Waals surface area contributed by atoms with Gasteiger partial charge in [0.1, 0.15) is 5.84 Å². The fraction of sp³-hybridized carbons (Fsp3) is 0.500. The van der Waals surface area contributed by atoms with E-state index in [1.54, 1.807) is 14.2 Å². The molecule has 0 aliphatic carbocycles. The summed E-state index contributed by atoms with van der Waals surface area (Å²) in [5.41, 5.74) is 2.94. The van der Waals surface area contributed by atoms with Crippen molar-refractivity contribution in [1.82, 2.24) is 5.32 Å². The molecule has 1 aromatic carbocycles. The quantitative estimate of drug-likeness (QED) is 0.790. The smallest absolute Gasteiger partial charge is 0.279 e. The van der Waals surface area contributed by atoms with Crippen LogP contribution in [0.3, 0.4) is 0 Å². The molecule has 4 heteroatoms. The third kappa shape index (κ3) is 1.82. The summed E-state index contributed by atoms with van der Waals surface area (Å²) in [5.74, 6) is -0.692. The fourth-order valence-electron chi connectivity index (χ4n) is 2.21. The largest absolute Gasteiger partial charge is 0.332 e. The second kappa shape index (κ2) is 4.07. The first kappa shape index (κ1) is 13.1. The van der Waals surface area contributed by atoms with Crippen LogP contribution < -0.4 is 5.32 Å². The topological polar surface area (TPSA) is 54.3 Å². The van der Waals surface area contributed by atoms with Gasteiger partial charge in [-0.1, -0.05) is 32.9 Å². The average molecular weight is 248 g/mol. The van der Waals surface area contributed by atoms with Crippen molar-refractivity contribution in [3.05, 3.63) is 34.9 Å². The number of hydrogen-bond acceptors (Lipinski definition) is 3. The highest BCUT2D eigenvalue weighted by Crippen LogP contribution is 2.35. The Morgan fingerprint density at radius 3 is 2.28 bits per heavy atom. The van der Waals surface area contributed by atoms with Crippen molar-refractivity contribution in [2.75, 3.05) is 14.2 Å². The van der Waals surface area contributed by atoms with Crippen molar-refractivity contribution in [1.29, 1.82) is 5.41 Å². The fourth-order valence-corrected chi connectivity index (χ4v) is 2.21. The van der Waals surface area contributed by atoms with Crippen LogP contribution in [0, 0.1) is 5.41 Å². The van der Waals surface area contributed by atoms with Crippen molar-refractivity contribution in [2.24, 2.45) is 0 Å². The first-order valence-electron chi connectivity index (χ1n) is 5.96. The van der Waals surface area contributed by atoms with Crippen LogP contribution in [0.25, 0.3) is 0 Å². The van der Waals surface area contributed by atoms with Crippen LogP contribution in [0.15, 0.2) is 18.2 Å². The van der Waals surface area contributed by atoms with Crippen LogP contribution in [0.4, 0.5) is 0 Å². The third-order valence-electron chi connectivity index (χ3n) is 3.37. The summed E-state index contributed by atoms with van der Waals surface area (Å²) in [6.45, 7) is 6.46. The Balaban J connectivity index is 2.56. The Bertz CT molecular complexity index is 485. The summed E-state index contributed by atoms with van der Waals surface area (Å²) < 4.78 is 10.8. The van der Waals surface area contributed by atoms with Gasteiger partial charge in [-0.25, -0.2) is 0 Å². The molecule has 0 bridgehead atoms. The number of methoxy groups -OCH3 is 2. The van der Waals surface area contributed by atoms with Crippen LogP contribution in [0.2, 0.25) is 0 Å². The van der Waals surface area contributed by atoms with Gasteiger partial charge < -0.3 is 14.8 Å². The van der Waals surface area contributed by atoms with Gasteiger partial charge in [0.15, 0.2) is 0 Å². The van der Waals surface area contributed by atoms with E-state index in [1.807, 2.05) is 12.1 Å². The molecule has 0 radical (unpaired) electrons. The average Bonchev–Trinajstić information content (AvgIpc) is 2.62. The molecule has 4 nitrogen and oxygen atoms in total. The van der Waals surface area contributed by atoms with Gasteiger partial charge in [-0.2, -0.15) is 0 Å². The summed E-state index contributed by atoms with van der Waals surface area (Å²) in [6.07, 6.45) is 0. The monoisotopic (exact) mass is 248 g/mol. The van der Waals surface area contributed by atoms with Gasteiger partial charge in [0.05, 0.1) is 0 Å². The zero-order valence-electron chi connectivity index (χ0n) is 11.5. The molecule has 0 unspecified atom stereocenters. The lowest BCUT2D eigenvalue weighted by atomic mass is 9.85. The minimum absolute atomic E-state index is 0.0563. The van der Waals surface area contributed by atoms with Crippen molar-refractivity contribution in [2.45, 2.75) is 32.1 Å². The summed E-state index contributed by atoms with van der Waals surface area (Å²) in [6, 6.07) is 6.06. The molecule has 2 N–H and O–H groups in total. The second-order valence-corrected chi connectivity index (χ2v) is 5.54. The summed E-state index contributed by atoms with van der Waals surface area (Å²) >= 11 is 0. The van der Waals surface area contributed by atoms with E-state index in [4.69, 9.17) is 14.9 Å². The molecular formula is C14H20N2O2. The maximum Gasteiger partial charge on any atom is 0.279 e. The highest BCUT2D eigenvalue weighted by Gasteiger charge is 2.42. The Labute approximate surface area is 108 Å². The lowest BCUT2D eigenvalue weighted by Crippen LogP contribution is -2.42. The normalized spacial score (nSPS) is 17.5. The molecule has 0 saturated carbocycles. The van der Waals surface area contributed by atoms with Crippen molar-refractivity contribution < 1.29 is 9.47 Å². The van der Waals surface area contributed by atoms with E-state index in [2.05, 4.69) is 32.2 Å². The Hall–Kier alpha value is -1.39. The molecule has 98 valence electrons. The molecule has 0 atom stereocenters. The Morgan fingerprint density at radius 1 is 1.17 bits per heavy atom. The van der Waals surface area contributed by atoms with Crippen LogP contribution in [-0.2, 0) is 20.8 Å². The third-order valence-corrected chi connectivity index (χ3v) is 3.37. The lowest BCUT2D eigenvalue weighted by Gasteiger charge is -2.27. The van der Waals surface area contributed by atoms with Gasteiger partial charge in [-0.15, -0.1) is 0 Å². The van der Waals surface area contributed by atoms with E-state index in [0.29, 0.717) is 5.84 Å². The second-order valence-electron chi connectivity index (χ2n) is 5.54. The highest BCUT2D eigenvalue weighted by molar-refractivity contribution is 6.01. The van der Waals surface area contributed by atoms with Gasteiger partial charge in [0.2, 0.25) is 0 Å². The standard InChI is InChI=1S/C14H20N2O2/c1-13(2,3)9-6-7-11-10(8-9)12(15)16-14(11,17-4)18-5/h6-8H,1-5H3,(H2,15,16). The number of amidine groups is 1. The predicted octanol–water partition coefficient (Wildman–Crippen LogP) is 2.32. The maximum absolute atomic E-state index is 8.02. The molecule has 0 amide bonds. The van der Waals surface area contributed by atoms with Crippen LogP contribution in [0.5, 0.6) is 0 Å². The van der Waals surface area contributed by atoms with Crippen molar-refractivity contribution >= 4 is 5.84 Å². The van der Waals surface area contributed by atoms with Crippen LogP contribution in [0.1, 0.15) is 37.5 Å². The first-order valence-corrected chi connectivity index (χ1v) is 5.96. The number of rotatable bonds is 2. The van der Waals surface area contributed by atoms with Crippen LogP contribution in [-0.4, -0.2) is 20.1 Å². The minimum atomic E-state index is -1.02. The number of hydrogen-bond donors (Lipinski definition) is 2. The Kier molecular flexibility index (Phi) is 2.95. The van der Waals surface area contributed by atoms with E-state index in [-0.39, 0.29) is 5.41 Å². The summed E-state index contributed by atoms with van der Waals surface area (Å²) in [7, 11) is 3.13. The number of nitrogens with one attached hydrogen (secondary N) is 2. The zero-order chi connectivity index (χ0) is 13.6. The van der Waals surface area contributed by atoms with E-state index >= 15 is 0 Å².